The first-order valence-corrected chi connectivity index (χ1v) is 5.98. The maximum absolute atomic E-state index is 11.9. The second-order valence-electron chi connectivity index (χ2n) is 4.36. The Labute approximate surface area is 105 Å². The maximum Gasteiger partial charge on any atom is 0.326 e. The van der Waals surface area contributed by atoms with Crippen LogP contribution in [0.3, 0.4) is 0 Å². The molecule has 96 valence electrons. The molecule has 1 aliphatic rings. The number of rotatable bonds is 4. The summed E-state index contributed by atoms with van der Waals surface area (Å²) >= 11 is 0. The van der Waals surface area contributed by atoms with Gasteiger partial charge in [0.15, 0.2) is 0 Å². The molecule has 0 saturated heterocycles. The normalized spacial score (nSPS) is 14.9. The topological polar surface area (TPSA) is 78.4 Å². The molecule has 0 aliphatic carbocycles. The van der Waals surface area contributed by atoms with Crippen LogP contribution in [0.25, 0.3) is 0 Å². The Balaban J connectivity index is 2.12. The van der Waals surface area contributed by atoms with E-state index < -0.39 is 12.0 Å². The SMILES string of the molecule is CCC(NC(=O)c1ccc2c(c1)CNC2)C(=O)O. The van der Waals surface area contributed by atoms with E-state index in [1.165, 1.54) is 5.56 Å². The van der Waals surface area contributed by atoms with Crippen LogP contribution in [0.2, 0.25) is 0 Å². The van der Waals surface area contributed by atoms with Gasteiger partial charge in [0.25, 0.3) is 5.91 Å². The quantitative estimate of drug-likeness (QED) is 0.739. The number of amides is 1. The van der Waals surface area contributed by atoms with Crippen molar-refractivity contribution in [3.63, 3.8) is 0 Å². The second-order valence-corrected chi connectivity index (χ2v) is 4.36. The summed E-state index contributed by atoms with van der Waals surface area (Å²) in [5.74, 6) is -1.34. The summed E-state index contributed by atoms with van der Waals surface area (Å²) in [6.45, 7) is 3.31. The number of carbonyl (C=O) groups is 2. The third kappa shape index (κ3) is 2.51. The Morgan fingerprint density at radius 2 is 2.11 bits per heavy atom. The summed E-state index contributed by atoms with van der Waals surface area (Å²) in [4.78, 5) is 22.8. The molecule has 0 spiro atoms. The van der Waals surface area contributed by atoms with Gasteiger partial charge < -0.3 is 15.7 Å². The summed E-state index contributed by atoms with van der Waals surface area (Å²) in [5.41, 5.74) is 2.81. The van der Waals surface area contributed by atoms with Crippen LogP contribution in [-0.4, -0.2) is 23.0 Å². The lowest BCUT2D eigenvalue weighted by molar-refractivity contribution is -0.139. The highest BCUT2D eigenvalue weighted by molar-refractivity contribution is 5.96. The Morgan fingerprint density at radius 3 is 2.78 bits per heavy atom. The summed E-state index contributed by atoms with van der Waals surface area (Å²) in [6, 6.07) is 4.63. The first kappa shape index (κ1) is 12.6. The molecule has 1 amide bonds. The number of benzene rings is 1. The van der Waals surface area contributed by atoms with Crippen LogP contribution in [0, 0.1) is 0 Å². The number of carboxylic acids is 1. The lowest BCUT2D eigenvalue weighted by Crippen LogP contribution is -2.40. The molecule has 18 heavy (non-hydrogen) atoms. The smallest absolute Gasteiger partial charge is 0.326 e. The number of carboxylic acid groups (broad SMARTS) is 1. The summed E-state index contributed by atoms with van der Waals surface area (Å²) in [5, 5.41) is 14.6. The van der Waals surface area contributed by atoms with Gasteiger partial charge in [0.2, 0.25) is 0 Å². The molecule has 2 rings (SSSR count). The molecule has 1 aromatic rings. The van der Waals surface area contributed by atoms with Crippen molar-refractivity contribution in [2.75, 3.05) is 0 Å². The molecule has 1 aromatic carbocycles. The van der Waals surface area contributed by atoms with E-state index in [4.69, 9.17) is 5.11 Å². The Morgan fingerprint density at radius 1 is 1.39 bits per heavy atom. The van der Waals surface area contributed by atoms with E-state index >= 15 is 0 Å². The number of fused-ring (bicyclic) bond motifs is 1. The van der Waals surface area contributed by atoms with E-state index in [2.05, 4.69) is 10.6 Å². The van der Waals surface area contributed by atoms with E-state index in [0.717, 1.165) is 18.7 Å². The number of carbonyl (C=O) groups excluding carboxylic acids is 1. The summed E-state index contributed by atoms with van der Waals surface area (Å²) in [6.07, 6.45) is 0.369. The molecule has 0 aromatic heterocycles. The van der Waals surface area contributed by atoms with Crippen molar-refractivity contribution in [3.8, 4) is 0 Å². The Kier molecular flexibility index (Phi) is 3.62. The predicted molar refractivity (Wildman–Crippen MR) is 66.2 cm³/mol. The van der Waals surface area contributed by atoms with Gasteiger partial charge in [-0.05, 0) is 29.7 Å². The van der Waals surface area contributed by atoms with Gasteiger partial charge in [0.1, 0.15) is 6.04 Å². The fourth-order valence-electron chi connectivity index (χ4n) is 2.02. The van der Waals surface area contributed by atoms with Crippen LogP contribution in [0.1, 0.15) is 34.8 Å². The molecule has 5 nitrogen and oxygen atoms in total. The van der Waals surface area contributed by atoms with Crippen molar-refractivity contribution in [3.05, 3.63) is 34.9 Å². The van der Waals surface area contributed by atoms with Crippen LogP contribution in [0.5, 0.6) is 0 Å². The molecule has 0 saturated carbocycles. The lowest BCUT2D eigenvalue weighted by atomic mass is 10.1. The number of nitrogens with one attached hydrogen (secondary N) is 2. The second kappa shape index (κ2) is 5.18. The molecular weight excluding hydrogens is 232 g/mol. The fraction of sp³-hybridized carbons (Fsp3) is 0.385. The first-order chi connectivity index (χ1) is 8.61. The average Bonchev–Trinajstić information content (AvgIpc) is 2.82. The third-order valence-corrected chi connectivity index (χ3v) is 3.11. The highest BCUT2D eigenvalue weighted by Crippen LogP contribution is 2.17. The van der Waals surface area contributed by atoms with E-state index in [1.54, 1.807) is 13.0 Å². The van der Waals surface area contributed by atoms with Crippen LogP contribution in [0.15, 0.2) is 18.2 Å². The highest BCUT2D eigenvalue weighted by Gasteiger charge is 2.19. The Hall–Kier alpha value is -1.88. The van der Waals surface area contributed by atoms with Crippen LogP contribution >= 0.6 is 0 Å². The molecule has 1 atom stereocenters. The zero-order chi connectivity index (χ0) is 13.1. The van der Waals surface area contributed by atoms with Gasteiger partial charge in [-0.1, -0.05) is 13.0 Å². The zero-order valence-electron chi connectivity index (χ0n) is 10.2. The third-order valence-electron chi connectivity index (χ3n) is 3.11. The monoisotopic (exact) mass is 248 g/mol. The number of aliphatic carboxylic acids is 1. The zero-order valence-corrected chi connectivity index (χ0v) is 10.2. The molecule has 1 heterocycles. The highest BCUT2D eigenvalue weighted by atomic mass is 16.4. The van der Waals surface area contributed by atoms with Gasteiger partial charge in [-0.2, -0.15) is 0 Å². The van der Waals surface area contributed by atoms with Gasteiger partial charge in [0.05, 0.1) is 0 Å². The van der Waals surface area contributed by atoms with Crippen LogP contribution in [0.4, 0.5) is 0 Å². The summed E-state index contributed by atoms with van der Waals surface area (Å²) in [7, 11) is 0. The van der Waals surface area contributed by atoms with Gasteiger partial charge in [0, 0.05) is 18.7 Å². The van der Waals surface area contributed by atoms with E-state index in [9.17, 15) is 9.59 Å². The summed E-state index contributed by atoms with van der Waals surface area (Å²) < 4.78 is 0. The van der Waals surface area contributed by atoms with Crippen molar-refractivity contribution >= 4 is 11.9 Å². The minimum absolute atomic E-state index is 0.334. The molecule has 0 radical (unpaired) electrons. The van der Waals surface area contributed by atoms with Crippen LogP contribution < -0.4 is 10.6 Å². The molecule has 1 unspecified atom stereocenters. The fourth-order valence-corrected chi connectivity index (χ4v) is 2.02. The molecule has 0 fully saturated rings. The van der Waals surface area contributed by atoms with E-state index in [0.29, 0.717) is 12.0 Å². The van der Waals surface area contributed by atoms with E-state index in [1.807, 2.05) is 12.1 Å². The van der Waals surface area contributed by atoms with Gasteiger partial charge in [-0.15, -0.1) is 0 Å². The van der Waals surface area contributed by atoms with Gasteiger partial charge in [-0.25, -0.2) is 4.79 Å². The van der Waals surface area contributed by atoms with Crippen molar-refractivity contribution in [1.29, 1.82) is 0 Å². The maximum atomic E-state index is 11.9. The minimum Gasteiger partial charge on any atom is -0.480 e. The minimum atomic E-state index is -1.01. The largest absolute Gasteiger partial charge is 0.480 e. The van der Waals surface area contributed by atoms with Crippen molar-refractivity contribution < 1.29 is 14.7 Å². The molecule has 0 bridgehead atoms. The van der Waals surface area contributed by atoms with Crippen molar-refractivity contribution in [2.45, 2.75) is 32.5 Å². The average molecular weight is 248 g/mol. The Bertz CT molecular complexity index is 485. The first-order valence-electron chi connectivity index (χ1n) is 5.98. The van der Waals surface area contributed by atoms with Crippen LogP contribution in [-0.2, 0) is 17.9 Å². The lowest BCUT2D eigenvalue weighted by Gasteiger charge is -2.12. The number of hydrogen-bond donors (Lipinski definition) is 3. The van der Waals surface area contributed by atoms with Gasteiger partial charge >= 0.3 is 5.97 Å². The predicted octanol–water partition coefficient (Wildman–Crippen LogP) is 0.883. The van der Waals surface area contributed by atoms with Crippen molar-refractivity contribution in [2.24, 2.45) is 0 Å². The number of hydrogen-bond acceptors (Lipinski definition) is 3. The molecule has 5 heteroatoms. The van der Waals surface area contributed by atoms with Gasteiger partial charge in [-0.3, -0.25) is 4.79 Å². The van der Waals surface area contributed by atoms with Crippen molar-refractivity contribution in [1.82, 2.24) is 10.6 Å². The molecule has 3 N–H and O–H groups in total. The van der Waals surface area contributed by atoms with E-state index in [-0.39, 0.29) is 5.91 Å². The standard InChI is InChI=1S/C13H16N2O3/c1-2-11(13(17)18)15-12(16)8-3-4-9-6-14-7-10(9)5-8/h3-5,11,14H,2,6-7H2,1H3,(H,15,16)(H,17,18). The molecule has 1 aliphatic heterocycles. The molecular formula is C13H16N2O3.